The summed E-state index contributed by atoms with van der Waals surface area (Å²) >= 11 is 0. The summed E-state index contributed by atoms with van der Waals surface area (Å²) < 4.78 is 9.37. The monoisotopic (exact) mass is 461 g/mol. The molecule has 5 aromatic rings. The zero-order valence-corrected chi connectivity index (χ0v) is 20.0. The Balaban J connectivity index is 1.29. The van der Waals surface area contributed by atoms with Gasteiger partial charge in [0.1, 0.15) is 11.5 Å². The van der Waals surface area contributed by atoms with Gasteiger partial charge in [-0.3, -0.25) is 0 Å². The molecule has 170 valence electrons. The van der Waals surface area contributed by atoms with Gasteiger partial charge in [-0.1, -0.05) is 54.6 Å². The molecular formula is C33H24BNO. The zero-order chi connectivity index (χ0) is 23.0. The van der Waals surface area contributed by atoms with Crippen molar-refractivity contribution in [2.45, 2.75) is 31.1 Å². The Morgan fingerprint density at radius 1 is 0.750 bits per heavy atom. The fourth-order valence-electron chi connectivity index (χ4n) is 10.8. The van der Waals surface area contributed by atoms with Crippen LogP contribution in [0.5, 0.6) is 11.5 Å². The van der Waals surface area contributed by atoms with Crippen molar-refractivity contribution >= 4 is 44.9 Å². The molecule has 3 heteroatoms. The number of benzene rings is 4. The van der Waals surface area contributed by atoms with Crippen LogP contribution >= 0.6 is 0 Å². The van der Waals surface area contributed by atoms with E-state index in [2.05, 4.69) is 83.4 Å². The number of fused-ring (bicyclic) bond motifs is 7. The lowest BCUT2D eigenvalue weighted by atomic mass is 9.12. The third-order valence-electron chi connectivity index (χ3n) is 11.9. The molecule has 6 aliphatic rings. The lowest BCUT2D eigenvalue weighted by molar-refractivity contribution is -0.395. The lowest BCUT2D eigenvalue weighted by Crippen LogP contribution is -2.87. The van der Waals surface area contributed by atoms with Crippen molar-refractivity contribution in [3.05, 3.63) is 84.4 Å². The smallest absolute Gasteiger partial charge is 0.256 e. The maximum atomic E-state index is 6.79. The second-order valence-electron chi connectivity index (χ2n) is 12.6. The van der Waals surface area contributed by atoms with Gasteiger partial charge in [-0.15, -0.1) is 0 Å². The molecule has 11 rings (SSSR count). The van der Waals surface area contributed by atoms with Crippen molar-refractivity contribution in [3.8, 4) is 17.2 Å². The van der Waals surface area contributed by atoms with Crippen LogP contribution in [0, 0.1) is 23.2 Å². The predicted octanol–water partition coefficient (Wildman–Crippen LogP) is 5.41. The van der Waals surface area contributed by atoms with Gasteiger partial charge in [0.25, 0.3) is 6.71 Å². The first-order chi connectivity index (χ1) is 17.8. The molecule has 0 radical (unpaired) electrons. The van der Waals surface area contributed by atoms with Gasteiger partial charge in [0, 0.05) is 27.4 Å². The van der Waals surface area contributed by atoms with Crippen molar-refractivity contribution < 1.29 is 4.74 Å². The Morgan fingerprint density at radius 3 is 2.39 bits per heavy atom. The van der Waals surface area contributed by atoms with Crippen LogP contribution < -0.4 is 21.1 Å². The summed E-state index contributed by atoms with van der Waals surface area (Å²) in [6, 6.07) is 29.7. The molecule has 4 aromatic carbocycles. The number of rotatable bonds is 1. The Labute approximate surface area is 210 Å². The Kier molecular flexibility index (Phi) is 2.63. The summed E-state index contributed by atoms with van der Waals surface area (Å²) in [6.45, 7) is 0.216. The van der Waals surface area contributed by atoms with E-state index in [9.17, 15) is 0 Å². The highest BCUT2D eigenvalue weighted by molar-refractivity contribution is 6.99. The van der Waals surface area contributed by atoms with Crippen molar-refractivity contribution in [1.82, 2.24) is 4.57 Å². The standard InChI is InChI=1S/C33H24BNO/c1-3-10-26-22(6-1)23-7-5-9-25-31(23)35(26)27-14-18(32-16-20-12-19-13-21(17-32)33(19,20)32)15-29-30(27)34(25)24-8-2-4-11-28(24)36-29/h1-11,14-15,19-21H,12-13,16-17H2. The van der Waals surface area contributed by atoms with Crippen LogP contribution in [0.4, 0.5) is 0 Å². The molecule has 0 amide bonds. The van der Waals surface area contributed by atoms with Crippen LogP contribution in [0.2, 0.25) is 0 Å². The van der Waals surface area contributed by atoms with E-state index in [1.54, 1.807) is 5.56 Å². The lowest BCUT2D eigenvalue weighted by Gasteiger charge is -2.91. The first-order valence-electron chi connectivity index (χ1n) is 13.8. The quantitative estimate of drug-likeness (QED) is 0.299. The molecule has 4 fully saturated rings. The summed E-state index contributed by atoms with van der Waals surface area (Å²) in [7, 11) is 0. The number of hydrogen-bond donors (Lipinski definition) is 0. The number of hydrogen-bond acceptors (Lipinski definition) is 1. The largest absolute Gasteiger partial charge is 0.458 e. The molecule has 0 bridgehead atoms. The number of nitrogens with zero attached hydrogens (tertiary/aromatic N) is 1. The first-order valence-corrected chi connectivity index (χ1v) is 13.8. The second kappa shape index (κ2) is 5.30. The molecular weight excluding hydrogens is 437 g/mol. The maximum absolute atomic E-state index is 6.79. The molecule has 2 nitrogen and oxygen atoms in total. The van der Waals surface area contributed by atoms with Crippen molar-refractivity contribution in [2.75, 3.05) is 0 Å². The molecule has 2 atom stereocenters. The fourth-order valence-corrected chi connectivity index (χ4v) is 10.8. The molecule has 0 saturated heterocycles. The second-order valence-corrected chi connectivity index (χ2v) is 12.6. The average Bonchev–Trinajstić information content (AvgIpc) is 3.20. The van der Waals surface area contributed by atoms with Crippen LogP contribution in [-0.2, 0) is 5.41 Å². The van der Waals surface area contributed by atoms with Crippen molar-refractivity contribution in [3.63, 3.8) is 0 Å². The topological polar surface area (TPSA) is 14.2 Å². The molecule has 4 aliphatic carbocycles. The summed E-state index contributed by atoms with van der Waals surface area (Å²) in [5, 5.41) is 2.72. The highest BCUT2D eigenvalue weighted by atomic mass is 16.5. The van der Waals surface area contributed by atoms with Crippen molar-refractivity contribution in [1.29, 1.82) is 0 Å². The highest BCUT2D eigenvalue weighted by Crippen LogP contribution is 2.92. The molecule has 0 N–H and O–H groups in total. The van der Waals surface area contributed by atoms with Crippen LogP contribution in [-0.4, -0.2) is 11.3 Å². The number of ether oxygens (including phenoxy) is 1. The van der Waals surface area contributed by atoms with E-state index in [1.807, 2.05) is 0 Å². The van der Waals surface area contributed by atoms with Gasteiger partial charge in [-0.2, -0.15) is 0 Å². The van der Waals surface area contributed by atoms with Crippen LogP contribution in [0.3, 0.4) is 0 Å². The third-order valence-corrected chi connectivity index (χ3v) is 11.9. The SMILES string of the molecule is c1ccc2c(c1)Oc1cc(C34CC5CC6CC(C3)C654)cc3c1B2c1cccc2c4ccccc4n-3c12. The minimum Gasteiger partial charge on any atom is -0.458 e. The normalized spacial score (nSPS) is 32.7. The van der Waals surface area contributed by atoms with Gasteiger partial charge in [0.2, 0.25) is 0 Å². The Bertz CT molecular complexity index is 1850. The van der Waals surface area contributed by atoms with Crippen LogP contribution in [0.25, 0.3) is 27.5 Å². The third kappa shape index (κ3) is 1.54. The minimum atomic E-state index is 0.216. The van der Waals surface area contributed by atoms with Gasteiger partial charge >= 0.3 is 0 Å². The van der Waals surface area contributed by atoms with E-state index in [4.69, 9.17) is 4.74 Å². The minimum absolute atomic E-state index is 0.216. The molecule has 2 aliphatic heterocycles. The molecule has 36 heavy (non-hydrogen) atoms. The maximum Gasteiger partial charge on any atom is 0.256 e. The van der Waals surface area contributed by atoms with Gasteiger partial charge < -0.3 is 9.30 Å². The number of para-hydroxylation sites is 3. The molecule has 2 unspecified atom stereocenters. The average molecular weight is 461 g/mol. The van der Waals surface area contributed by atoms with Gasteiger partial charge in [0.15, 0.2) is 0 Å². The number of aromatic nitrogens is 1. The van der Waals surface area contributed by atoms with E-state index in [0.29, 0.717) is 10.8 Å². The van der Waals surface area contributed by atoms with E-state index in [1.165, 1.54) is 69.6 Å². The van der Waals surface area contributed by atoms with E-state index < -0.39 is 0 Å². The summed E-state index contributed by atoms with van der Waals surface area (Å²) in [5.74, 6) is 5.11. The zero-order valence-electron chi connectivity index (χ0n) is 20.0. The van der Waals surface area contributed by atoms with E-state index >= 15 is 0 Å². The van der Waals surface area contributed by atoms with Gasteiger partial charge in [-0.05, 0) is 95.1 Å². The fraction of sp³-hybridized carbons (Fsp3) is 0.273. The van der Waals surface area contributed by atoms with E-state index in [-0.39, 0.29) is 6.71 Å². The van der Waals surface area contributed by atoms with Crippen LogP contribution in [0.15, 0.2) is 78.9 Å². The van der Waals surface area contributed by atoms with E-state index in [0.717, 1.165) is 29.3 Å². The highest BCUT2D eigenvalue weighted by Gasteiger charge is 2.87. The summed E-state index contributed by atoms with van der Waals surface area (Å²) in [5.41, 5.74) is 10.7. The summed E-state index contributed by atoms with van der Waals surface area (Å²) in [4.78, 5) is 0. The molecule has 1 spiro atoms. The molecule has 3 heterocycles. The van der Waals surface area contributed by atoms with Crippen molar-refractivity contribution in [2.24, 2.45) is 23.2 Å². The molecule has 1 aromatic heterocycles. The predicted molar refractivity (Wildman–Crippen MR) is 145 cm³/mol. The van der Waals surface area contributed by atoms with Gasteiger partial charge in [0.05, 0.1) is 5.52 Å². The Morgan fingerprint density at radius 2 is 1.53 bits per heavy atom. The summed E-state index contributed by atoms with van der Waals surface area (Å²) in [6.07, 6.45) is 5.80. The first kappa shape index (κ1) is 17.9. The molecule has 4 saturated carbocycles. The Hall–Kier alpha value is -3.46. The van der Waals surface area contributed by atoms with Crippen LogP contribution in [0.1, 0.15) is 31.2 Å². The van der Waals surface area contributed by atoms with Gasteiger partial charge in [-0.25, -0.2) is 0 Å².